The Balaban J connectivity index is 1.83. The molecule has 140 valence electrons. The van der Waals surface area contributed by atoms with E-state index in [0.29, 0.717) is 38.7 Å². The van der Waals surface area contributed by atoms with Gasteiger partial charge in [0.2, 0.25) is 0 Å². The van der Waals surface area contributed by atoms with Gasteiger partial charge in [0.25, 0.3) is 5.91 Å². The summed E-state index contributed by atoms with van der Waals surface area (Å²) < 4.78 is 6.94. The van der Waals surface area contributed by atoms with Gasteiger partial charge in [0, 0.05) is 32.4 Å². The summed E-state index contributed by atoms with van der Waals surface area (Å²) in [6.45, 7) is 2.27. The van der Waals surface area contributed by atoms with Crippen molar-refractivity contribution in [1.29, 1.82) is 0 Å². The highest BCUT2D eigenvalue weighted by molar-refractivity contribution is 6.36. The molecule has 0 saturated carbocycles. The van der Waals surface area contributed by atoms with Gasteiger partial charge in [-0.25, -0.2) is 0 Å². The van der Waals surface area contributed by atoms with Crippen molar-refractivity contribution in [3.63, 3.8) is 0 Å². The number of carbonyl (C=O) groups is 1. The van der Waals surface area contributed by atoms with E-state index in [1.807, 2.05) is 6.92 Å². The first kappa shape index (κ1) is 19.5. The van der Waals surface area contributed by atoms with E-state index in [4.69, 9.17) is 39.5 Å². The van der Waals surface area contributed by atoms with Gasteiger partial charge in [-0.15, -0.1) is 0 Å². The molecule has 0 aliphatic carbocycles. The molecule has 0 unspecified atom stereocenters. The third-order valence-electron chi connectivity index (χ3n) is 4.00. The summed E-state index contributed by atoms with van der Waals surface area (Å²) in [6.07, 6.45) is 0. The summed E-state index contributed by atoms with van der Waals surface area (Å²) >= 11 is 18.4. The predicted molar refractivity (Wildman–Crippen MR) is 108 cm³/mol. The maximum atomic E-state index is 12.6. The van der Waals surface area contributed by atoms with Crippen LogP contribution in [-0.2, 0) is 6.54 Å². The van der Waals surface area contributed by atoms with E-state index in [2.05, 4.69) is 10.4 Å². The molecular weight excluding hydrogens is 409 g/mol. The number of methoxy groups -OCH3 is 1. The zero-order valence-electron chi connectivity index (χ0n) is 14.6. The first-order valence-corrected chi connectivity index (χ1v) is 9.14. The molecule has 0 aliphatic heterocycles. The molecule has 27 heavy (non-hydrogen) atoms. The van der Waals surface area contributed by atoms with Crippen LogP contribution in [0.1, 0.15) is 21.6 Å². The average molecular weight is 425 g/mol. The zero-order valence-corrected chi connectivity index (χ0v) is 16.9. The molecular formula is C19H16Cl3N3O2. The lowest BCUT2D eigenvalue weighted by Crippen LogP contribution is -2.14. The number of aryl methyl sites for hydroxylation is 1. The fraction of sp³-hybridized carbons (Fsp3) is 0.158. The van der Waals surface area contributed by atoms with Gasteiger partial charge in [-0.3, -0.25) is 9.48 Å². The SMILES string of the molecule is COc1ccc(Cl)cc1C(=O)Nc1cc(C)n(Cc2c(Cl)cccc2Cl)n1. The Morgan fingerprint density at radius 1 is 1.15 bits per heavy atom. The molecule has 0 spiro atoms. The van der Waals surface area contributed by atoms with Gasteiger partial charge in [-0.1, -0.05) is 40.9 Å². The van der Waals surface area contributed by atoms with E-state index < -0.39 is 0 Å². The molecule has 0 radical (unpaired) electrons. The van der Waals surface area contributed by atoms with Gasteiger partial charge in [-0.2, -0.15) is 5.10 Å². The van der Waals surface area contributed by atoms with Crippen LogP contribution in [0.3, 0.4) is 0 Å². The van der Waals surface area contributed by atoms with Gasteiger partial charge in [0.1, 0.15) is 5.75 Å². The van der Waals surface area contributed by atoms with Crippen molar-refractivity contribution < 1.29 is 9.53 Å². The third kappa shape index (κ3) is 4.38. The van der Waals surface area contributed by atoms with E-state index >= 15 is 0 Å². The number of rotatable bonds is 5. The first-order valence-electron chi connectivity index (χ1n) is 8.01. The molecule has 8 heteroatoms. The number of aromatic nitrogens is 2. The smallest absolute Gasteiger partial charge is 0.260 e. The number of benzene rings is 2. The summed E-state index contributed by atoms with van der Waals surface area (Å²) in [7, 11) is 1.49. The van der Waals surface area contributed by atoms with Crippen molar-refractivity contribution in [1.82, 2.24) is 9.78 Å². The molecule has 2 aromatic carbocycles. The maximum Gasteiger partial charge on any atom is 0.260 e. The molecule has 0 atom stereocenters. The van der Waals surface area contributed by atoms with Crippen LogP contribution in [0.5, 0.6) is 5.75 Å². The van der Waals surface area contributed by atoms with Crippen LogP contribution in [0.2, 0.25) is 15.1 Å². The van der Waals surface area contributed by atoms with Crippen molar-refractivity contribution in [2.75, 3.05) is 12.4 Å². The Hall–Kier alpha value is -2.21. The molecule has 5 nitrogen and oxygen atoms in total. The molecule has 0 saturated heterocycles. The van der Waals surface area contributed by atoms with Crippen LogP contribution in [-0.4, -0.2) is 22.8 Å². The molecule has 1 aromatic heterocycles. The first-order chi connectivity index (χ1) is 12.9. The minimum absolute atomic E-state index is 0.325. The van der Waals surface area contributed by atoms with Crippen LogP contribution in [0.4, 0.5) is 5.82 Å². The van der Waals surface area contributed by atoms with Crippen LogP contribution in [0.15, 0.2) is 42.5 Å². The number of nitrogens with zero attached hydrogens (tertiary/aromatic N) is 2. The number of halogens is 3. The number of anilines is 1. The maximum absolute atomic E-state index is 12.6. The Kier molecular flexibility index (Phi) is 5.95. The Morgan fingerprint density at radius 2 is 1.85 bits per heavy atom. The van der Waals surface area contributed by atoms with E-state index in [1.165, 1.54) is 7.11 Å². The number of hydrogen-bond donors (Lipinski definition) is 1. The second kappa shape index (κ2) is 8.21. The highest BCUT2D eigenvalue weighted by Gasteiger charge is 2.16. The number of amides is 1. The van der Waals surface area contributed by atoms with E-state index in [0.717, 1.165) is 11.3 Å². The van der Waals surface area contributed by atoms with Gasteiger partial charge in [0.15, 0.2) is 5.82 Å². The van der Waals surface area contributed by atoms with Gasteiger partial charge >= 0.3 is 0 Å². The lowest BCUT2D eigenvalue weighted by Gasteiger charge is -2.09. The van der Waals surface area contributed by atoms with Crippen molar-refractivity contribution in [3.8, 4) is 5.75 Å². The molecule has 1 amide bonds. The molecule has 0 fully saturated rings. The summed E-state index contributed by atoms with van der Waals surface area (Å²) in [4.78, 5) is 12.6. The molecule has 3 aromatic rings. The average Bonchev–Trinajstić information content (AvgIpc) is 2.97. The minimum atomic E-state index is -0.366. The van der Waals surface area contributed by atoms with Crippen LogP contribution >= 0.6 is 34.8 Å². The predicted octanol–water partition coefficient (Wildman–Crippen LogP) is 5.46. The fourth-order valence-corrected chi connectivity index (χ4v) is 3.29. The molecule has 0 bridgehead atoms. The molecule has 0 aliphatic rings. The largest absolute Gasteiger partial charge is 0.496 e. The van der Waals surface area contributed by atoms with Crippen molar-refractivity contribution in [3.05, 3.63) is 74.4 Å². The van der Waals surface area contributed by atoms with E-state index in [1.54, 1.807) is 47.1 Å². The fourth-order valence-electron chi connectivity index (χ4n) is 2.61. The zero-order chi connectivity index (χ0) is 19.6. The Labute approximate surface area is 171 Å². The van der Waals surface area contributed by atoms with Crippen LogP contribution in [0, 0.1) is 6.92 Å². The summed E-state index contributed by atoms with van der Waals surface area (Å²) in [5, 5.41) is 8.75. The molecule has 1 heterocycles. The van der Waals surface area contributed by atoms with E-state index in [9.17, 15) is 4.79 Å². The monoisotopic (exact) mass is 423 g/mol. The highest BCUT2D eigenvalue weighted by Crippen LogP contribution is 2.26. The van der Waals surface area contributed by atoms with Gasteiger partial charge < -0.3 is 10.1 Å². The summed E-state index contributed by atoms with van der Waals surface area (Å²) in [5.74, 6) is 0.466. The van der Waals surface area contributed by atoms with E-state index in [-0.39, 0.29) is 5.91 Å². The van der Waals surface area contributed by atoms with Gasteiger partial charge in [-0.05, 0) is 37.3 Å². The second-order valence-corrected chi connectivity index (χ2v) is 7.08. The lowest BCUT2D eigenvalue weighted by molar-refractivity contribution is 0.102. The number of hydrogen-bond acceptors (Lipinski definition) is 3. The molecule has 3 rings (SSSR count). The van der Waals surface area contributed by atoms with Crippen molar-refractivity contribution >= 4 is 46.5 Å². The topological polar surface area (TPSA) is 56.1 Å². The quantitative estimate of drug-likeness (QED) is 0.591. The Bertz CT molecular complexity index is 982. The number of nitrogens with one attached hydrogen (secondary N) is 1. The third-order valence-corrected chi connectivity index (χ3v) is 4.94. The minimum Gasteiger partial charge on any atom is -0.496 e. The normalized spacial score (nSPS) is 10.7. The standard InChI is InChI=1S/C19H16Cl3N3O2/c1-11-8-18(23-19(26)13-9-12(20)6-7-17(13)27-2)24-25(11)10-14-15(21)4-3-5-16(14)22/h3-9H,10H2,1-2H3,(H,23,24,26). The summed E-state index contributed by atoms with van der Waals surface area (Å²) in [5.41, 5.74) is 1.94. The van der Waals surface area contributed by atoms with Crippen molar-refractivity contribution in [2.45, 2.75) is 13.5 Å². The van der Waals surface area contributed by atoms with Crippen LogP contribution in [0.25, 0.3) is 0 Å². The number of ether oxygens (including phenoxy) is 1. The van der Waals surface area contributed by atoms with Crippen molar-refractivity contribution in [2.24, 2.45) is 0 Å². The van der Waals surface area contributed by atoms with Crippen LogP contribution < -0.4 is 10.1 Å². The Morgan fingerprint density at radius 3 is 2.52 bits per heavy atom. The molecule has 1 N–H and O–H groups in total. The lowest BCUT2D eigenvalue weighted by atomic mass is 10.2. The highest BCUT2D eigenvalue weighted by atomic mass is 35.5. The number of carbonyl (C=O) groups excluding carboxylic acids is 1. The van der Waals surface area contributed by atoms with Gasteiger partial charge in [0.05, 0.1) is 19.2 Å². The second-order valence-electron chi connectivity index (χ2n) is 5.83. The summed E-state index contributed by atoms with van der Waals surface area (Å²) in [6, 6.07) is 11.9.